The lowest BCUT2D eigenvalue weighted by Gasteiger charge is -2.11. The van der Waals surface area contributed by atoms with E-state index >= 15 is 0 Å². The average molecular weight is 518 g/mol. The minimum absolute atomic E-state index is 0.265. The van der Waals surface area contributed by atoms with Crippen molar-refractivity contribution >= 4 is 21.9 Å². The van der Waals surface area contributed by atoms with Crippen molar-refractivity contribution in [3.8, 4) is 33.8 Å². The third kappa shape index (κ3) is 4.57. The number of H-pyrrole nitrogens is 2. The van der Waals surface area contributed by atoms with Gasteiger partial charge in [-0.1, -0.05) is 31.0 Å². The number of rotatable bonds is 7. The number of nitrogens with zero attached hydrogens (tertiary/aromatic N) is 4. The Kier molecular flexibility index (Phi) is 6.09. The molecular weight excluding hydrogens is 489 g/mol. The summed E-state index contributed by atoms with van der Waals surface area (Å²) in [4.78, 5) is 17.0. The molecule has 5 heterocycles. The molecule has 0 amide bonds. The summed E-state index contributed by atoms with van der Waals surface area (Å²) in [6, 6.07) is 14.8. The van der Waals surface area contributed by atoms with Crippen molar-refractivity contribution in [3.63, 3.8) is 0 Å². The van der Waals surface area contributed by atoms with Gasteiger partial charge in [-0.2, -0.15) is 5.10 Å². The third-order valence-electron chi connectivity index (χ3n) is 7.73. The monoisotopic (exact) mass is 517 g/mol. The second-order valence-electron chi connectivity index (χ2n) is 10.3. The summed E-state index contributed by atoms with van der Waals surface area (Å²) in [7, 11) is 0. The van der Waals surface area contributed by atoms with Gasteiger partial charge in [-0.15, -0.1) is 0 Å². The molecule has 39 heavy (non-hydrogen) atoms. The molecule has 194 valence electrons. The fourth-order valence-electron chi connectivity index (χ4n) is 5.71. The standard InChI is InChI=1S/C31H28FN7/c32-26-8-4-3-7-23(26)22-9-10-35-31-24(22)12-28(37-31)30-25-13-27(36-18-29(25)38-39-30)21-11-20(16-34-17-21)15-33-14-19-5-1-2-6-19/h3-4,7-13,16-19,33H,1-2,5-6,14-15H2,(H,35,37)(H,38,39). The summed E-state index contributed by atoms with van der Waals surface area (Å²) in [5, 5.41) is 13.1. The highest BCUT2D eigenvalue weighted by molar-refractivity contribution is 6.00. The van der Waals surface area contributed by atoms with Crippen molar-refractivity contribution in [2.45, 2.75) is 32.2 Å². The number of benzene rings is 1. The van der Waals surface area contributed by atoms with Crippen LogP contribution in [0, 0.1) is 11.7 Å². The Balaban J connectivity index is 1.21. The second-order valence-corrected chi connectivity index (χ2v) is 10.3. The van der Waals surface area contributed by atoms with E-state index in [1.165, 1.54) is 31.7 Å². The molecule has 1 aliphatic rings. The van der Waals surface area contributed by atoms with Gasteiger partial charge >= 0.3 is 0 Å². The summed E-state index contributed by atoms with van der Waals surface area (Å²) in [6.45, 7) is 1.85. The molecule has 0 bridgehead atoms. The Labute approximate surface area is 224 Å². The molecule has 0 unspecified atom stereocenters. The maximum atomic E-state index is 14.6. The quantitative estimate of drug-likeness (QED) is 0.220. The van der Waals surface area contributed by atoms with Crippen molar-refractivity contribution in [3.05, 3.63) is 84.7 Å². The Hall–Kier alpha value is -4.43. The highest BCUT2D eigenvalue weighted by Gasteiger charge is 2.17. The molecule has 0 atom stereocenters. The van der Waals surface area contributed by atoms with Gasteiger partial charge in [0.1, 0.15) is 17.2 Å². The minimum atomic E-state index is -0.265. The van der Waals surface area contributed by atoms with Gasteiger partial charge in [-0.3, -0.25) is 15.1 Å². The predicted molar refractivity (Wildman–Crippen MR) is 151 cm³/mol. The third-order valence-corrected chi connectivity index (χ3v) is 7.73. The molecule has 5 aromatic heterocycles. The maximum Gasteiger partial charge on any atom is 0.138 e. The Morgan fingerprint density at radius 3 is 2.72 bits per heavy atom. The van der Waals surface area contributed by atoms with Crippen LogP contribution in [0.15, 0.2) is 73.3 Å². The zero-order valence-electron chi connectivity index (χ0n) is 21.4. The molecule has 1 saturated carbocycles. The van der Waals surface area contributed by atoms with E-state index in [4.69, 9.17) is 0 Å². The average Bonchev–Trinajstić information content (AvgIpc) is 3.73. The van der Waals surface area contributed by atoms with Gasteiger partial charge in [0, 0.05) is 47.0 Å². The van der Waals surface area contributed by atoms with Crippen molar-refractivity contribution in [1.29, 1.82) is 0 Å². The van der Waals surface area contributed by atoms with Gasteiger partial charge in [0.15, 0.2) is 0 Å². The molecule has 0 aliphatic heterocycles. The van der Waals surface area contributed by atoms with Crippen molar-refractivity contribution in [1.82, 2.24) is 35.5 Å². The van der Waals surface area contributed by atoms with Gasteiger partial charge < -0.3 is 10.3 Å². The molecular formula is C31H28FN7. The van der Waals surface area contributed by atoms with Crippen molar-refractivity contribution in [2.24, 2.45) is 5.92 Å². The Morgan fingerprint density at radius 2 is 1.82 bits per heavy atom. The fourth-order valence-corrected chi connectivity index (χ4v) is 5.71. The number of pyridine rings is 3. The summed E-state index contributed by atoms with van der Waals surface area (Å²) < 4.78 is 14.6. The topological polar surface area (TPSA) is 95.2 Å². The number of fused-ring (bicyclic) bond motifs is 2. The number of hydrogen-bond acceptors (Lipinski definition) is 5. The number of nitrogens with one attached hydrogen (secondary N) is 3. The fraction of sp³-hybridized carbons (Fsp3) is 0.226. The van der Waals surface area contributed by atoms with Gasteiger partial charge in [0.25, 0.3) is 0 Å². The van der Waals surface area contributed by atoms with E-state index in [-0.39, 0.29) is 5.82 Å². The maximum absolute atomic E-state index is 14.6. The lowest BCUT2D eigenvalue weighted by molar-refractivity contribution is 0.489. The van der Waals surface area contributed by atoms with Crippen LogP contribution in [0.2, 0.25) is 0 Å². The molecule has 6 aromatic rings. The number of hydrogen-bond donors (Lipinski definition) is 3. The van der Waals surface area contributed by atoms with E-state index in [0.29, 0.717) is 11.2 Å². The zero-order chi connectivity index (χ0) is 26.2. The lowest BCUT2D eigenvalue weighted by atomic mass is 10.0. The largest absolute Gasteiger partial charge is 0.338 e. The van der Waals surface area contributed by atoms with Crippen LogP contribution in [0.25, 0.3) is 55.7 Å². The van der Waals surface area contributed by atoms with Gasteiger partial charge in [-0.05, 0) is 66.8 Å². The SMILES string of the molecule is Fc1ccccc1-c1ccnc2[nH]c(-c3n[nH]c4cnc(-c5cncc(CNCC6CCCC6)c5)cc34)cc12. The summed E-state index contributed by atoms with van der Waals surface area (Å²) in [5.41, 5.74) is 7.32. The highest BCUT2D eigenvalue weighted by Crippen LogP contribution is 2.35. The first-order chi connectivity index (χ1) is 19.2. The molecule has 0 radical (unpaired) electrons. The normalized spacial score (nSPS) is 14.1. The Morgan fingerprint density at radius 1 is 0.923 bits per heavy atom. The van der Waals surface area contributed by atoms with Gasteiger partial charge in [0.2, 0.25) is 0 Å². The predicted octanol–water partition coefficient (Wildman–Crippen LogP) is 6.65. The molecule has 1 aromatic carbocycles. The van der Waals surface area contributed by atoms with Crippen LogP contribution in [0.1, 0.15) is 31.2 Å². The van der Waals surface area contributed by atoms with E-state index in [1.807, 2.05) is 36.7 Å². The first kappa shape index (κ1) is 23.7. The molecule has 1 aliphatic carbocycles. The molecule has 7 nitrogen and oxygen atoms in total. The van der Waals surface area contributed by atoms with Crippen molar-refractivity contribution < 1.29 is 4.39 Å². The first-order valence-electron chi connectivity index (χ1n) is 13.4. The van der Waals surface area contributed by atoms with E-state index < -0.39 is 0 Å². The lowest BCUT2D eigenvalue weighted by Crippen LogP contribution is -2.20. The van der Waals surface area contributed by atoms with Crippen LogP contribution in [0.4, 0.5) is 4.39 Å². The van der Waals surface area contributed by atoms with Crippen LogP contribution in [-0.4, -0.2) is 36.7 Å². The van der Waals surface area contributed by atoms with E-state index in [2.05, 4.69) is 41.5 Å². The highest BCUT2D eigenvalue weighted by atomic mass is 19.1. The number of halogens is 1. The summed E-state index contributed by atoms with van der Waals surface area (Å²) in [6.07, 6.45) is 12.6. The zero-order valence-corrected chi connectivity index (χ0v) is 21.4. The Bertz CT molecular complexity index is 1780. The molecule has 0 saturated heterocycles. The smallest absolute Gasteiger partial charge is 0.138 e. The van der Waals surface area contributed by atoms with Gasteiger partial charge in [-0.25, -0.2) is 9.37 Å². The summed E-state index contributed by atoms with van der Waals surface area (Å²) >= 11 is 0. The first-order valence-corrected chi connectivity index (χ1v) is 13.4. The molecule has 3 N–H and O–H groups in total. The van der Waals surface area contributed by atoms with Crippen LogP contribution < -0.4 is 5.32 Å². The van der Waals surface area contributed by atoms with Crippen LogP contribution >= 0.6 is 0 Å². The van der Waals surface area contributed by atoms with E-state index in [1.54, 1.807) is 24.5 Å². The van der Waals surface area contributed by atoms with E-state index in [9.17, 15) is 4.39 Å². The molecule has 1 fully saturated rings. The van der Waals surface area contributed by atoms with Crippen LogP contribution in [-0.2, 0) is 6.54 Å². The number of aromatic amines is 2. The van der Waals surface area contributed by atoms with Crippen molar-refractivity contribution in [2.75, 3.05) is 6.54 Å². The van der Waals surface area contributed by atoms with Crippen LogP contribution in [0.3, 0.4) is 0 Å². The van der Waals surface area contributed by atoms with E-state index in [0.717, 1.165) is 69.1 Å². The summed E-state index contributed by atoms with van der Waals surface area (Å²) in [5.74, 6) is 0.533. The minimum Gasteiger partial charge on any atom is -0.338 e. The molecule has 7 rings (SSSR count). The van der Waals surface area contributed by atoms with Crippen LogP contribution in [0.5, 0.6) is 0 Å². The van der Waals surface area contributed by atoms with Gasteiger partial charge in [0.05, 0.1) is 23.1 Å². The second kappa shape index (κ2) is 10.0. The molecule has 0 spiro atoms. The number of aromatic nitrogens is 6. The molecule has 8 heteroatoms.